The van der Waals surface area contributed by atoms with Gasteiger partial charge in [0.05, 0.1) is 10.9 Å². The average Bonchev–Trinajstić information content (AvgIpc) is 2.29. The van der Waals surface area contributed by atoms with E-state index in [1.807, 2.05) is 0 Å². The molecular formula is C11H11N3O2S. The molecule has 0 aliphatic heterocycles. The van der Waals surface area contributed by atoms with Gasteiger partial charge in [0.15, 0.2) is 5.16 Å². The molecule has 0 saturated heterocycles. The van der Waals surface area contributed by atoms with Crippen LogP contribution in [-0.2, 0) is 0 Å². The first-order valence-electron chi connectivity index (χ1n) is 4.96. The first-order valence-corrected chi connectivity index (χ1v) is 5.78. The van der Waals surface area contributed by atoms with E-state index in [0.29, 0.717) is 16.1 Å². The molecule has 5 nitrogen and oxygen atoms in total. The molecule has 1 aromatic carbocycles. The molecule has 0 aliphatic carbocycles. The number of nitrogens with zero attached hydrogens (tertiary/aromatic N) is 2. The lowest BCUT2D eigenvalue weighted by Crippen LogP contribution is -2.18. The molecule has 1 heterocycles. The van der Waals surface area contributed by atoms with Gasteiger partial charge in [-0.05, 0) is 12.1 Å². The fourth-order valence-electron chi connectivity index (χ4n) is 1.29. The summed E-state index contributed by atoms with van der Waals surface area (Å²) in [5, 5.41) is 0.657. The second-order valence-corrected chi connectivity index (χ2v) is 4.59. The van der Waals surface area contributed by atoms with Gasteiger partial charge in [0.2, 0.25) is 0 Å². The van der Waals surface area contributed by atoms with Gasteiger partial charge >= 0.3 is 0 Å². The molecule has 0 spiro atoms. The molecule has 0 aliphatic rings. The zero-order valence-electron chi connectivity index (χ0n) is 9.43. The zero-order chi connectivity index (χ0) is 12.4. The molecule has 1 N–H and O–H groups in total. The number of benzene rings is 1. The summed E-state index contributed by atoms with van der Waals surface area (Å²) in [5.41, 5.74) is 0.356. The molecule has 0 unspecified atom stereocenters. The number of aromatic amines is 1. The summed E-state index contributed by atoms with van der Waals surface area (Å²) in [6.07, 6.45) is 0. The fraction of sp³-hybridized carbons (Fsp3) is 0.182. The Morgan fingerprint density at radius 3 is 2.76 bits per heavy atom. The topological polar surface area (TPSA) is 66.1 Å². The molecule has 0 bridgehead atoms. The molecule has 2 rings (SSSR count). The molecule has 0 radical (unpaired) electrons. The van der Waals surface area contributed by atoms with Crippen LogP contribution in [0.3, 0.4) is 0 Å². The number of carbonyl (C=O) groups excluding carboxylic acids is 1. The van der Waals surface area contributed by atoms with E-state index in [2.05, 4.69) is 9.97 Å². The highest BCUT2D eigenvalue weighted by atomic mass is 32.2. The van der Waals surface area contributed by atoms with E-state index in [-0.39, 0.29) is 10.8 Å². The molecule has 88 valence electrons. The predicted octanol–water partition coefficient (Wildman–Crippen LogP) is 1.70. The quantitative estimate of drug-likeness (QED) is 0.617. The van der Waals surface area contributed by atoms with Crippen LogP contribution in [0.1, 0.15) is 0 Å². The van der Waals surface area contributed by atoms with Crippen molar-refractivity contribution in [1.29, 1.82) is 0 Å². The molecule has 1 aromatic heterocycles. The van der Waals surface area contributed by atoms with Gasteiger partial charge in [-0.25, -0.2) is 4.98 Å². The van der Waals surface area contributed by atoms with Gasteiger partial charge < -0.3 is 9.88 Å². The number of carbonyl (C=O) groups is 1. The normalized spacial score (nSPS) is 10.5. The number of amides is 1. The van der Waals surface area contributed by atoms with Crippen molar-refractivity contribution >= 4 is 27.9 Å². The number of nitrogens with one attached hydrogen (secondary N) is 1. The van der Waals surface area contributed by atoms with Crippen LogP contribution in [0, 0.1) is 0 Å². The van der Waals surface area contributed by atoms with E-state index in [9.17, 15) is 9.59 Å². The minimum absolute atomic E-state index is 0.177. The van der Waals surface area contributed by atoms with Crippen molar-refractivity contribution in [2.45, 2.75) is 5.16 Å². The SMILES string of the molecule is CN(C)C(=O)Sc1nc2ccccc2c(=O)[nH]1. The van der Waals surface area contributed by atoms with Gasteiger partial charge in [-0.2, -0.15) is 0 Å². The summed E-state index contributed by atoms with van der Waals surface area (Å²) in [6, 6.07) is 7.02. The number of H-pyrrole nitrogens is 1. The summed E-state index contributed by atoms with van der Waals surface area (Å²) in [5.74, 6) is 0. The summed E-state index contributed by atoms with van der Waals surface area (Å²) >= 11 is 0.901. The first-order chi connectivity index (χ1) is 8.08. The number of aromatic nitrogens is 2. The number of thioether (sulfide) groups is 1. The predicted molar refractivity (Wildman–Crippen MR) is 67.3 cm³/mol. The maximum absolute atomic E-state index is 11.7. The van der Waals surface area contributed by atoms with E-state index < -0.39 is 0 Å². The second kappa shape index (κ2) is 4.58. The van der Waals surface area contributed by atoms with Gasteiger partial charge in [-0.1, -0.05) is 12.1 Å². The fourth-order valence-corrected chi connectivity index (χ4v) is 1.92. The molecule has 2 aromatic rings. The number of hydrogen-bond acceptors (Lipinski definition) is 4. The maximum Gasteiger partial charge on any atom is 0.288 e. The smallest absolute Gasteiger partial charge is 0.288 e. The van der Waals surface area contributed by atoms with Crippen molar-refractivity contribution < 1.29 is 4.79 Å². The molecule has 6 heteroatoms. The molecule has 1 amide bonds. The standard InChI is InChI=1S/C11H11N3O2S/c1-14(2)11(16)17-10-12-8-6-4-3-5-7(8)9(15)13-10/h3-6H,1-2H3,(H,12,13,15). The Balaban J connectivity index is 2.44. The summed E-state index contributed by atoms with van der Waals surface area (Å²) in [7, 11) is 3.29. The second-order valence-electron chi connectivity index (χ2n) is 3.65. The Kier molecular flexibility index (Phi) is 3.14. The van der Waals surface area contributed by atoms with Gasteiger partial charge in [-0.3, -0.25) is 9.59 Å². The molecule has 17 heavy (non-hydrogen) atoms. The van der Waals surface area contributed by atoms with Crippen LogP contribution in [-0.4, -0.2) is 34.2 Å². The van der Waals surface area contributed by atoms with Crippen molar-refractivity contribution in [3.63, 3.8) is 0 Å². The third kappa shape index (κ3) is 2.47. The number of fused-ring (bicyclic) bond motifs is 1. The highest BCUT2D eigenvalue weighted by Crippen LogP contribution is 2.16. The molecular weight excluding hydrogens is 238 g/mol. The van der Waals surface area contributed by atoms with Gasteiger partial charge in [0.25, 0.3) is 10.8 Å². The molecule has 0 saturated carbocycles. The van der Waals surface area contributed by atoms with E-state index >= 15 is 0 Å². The van der Waals surface area contributed by atoms with E-state index in [1.165, 1.54) is 4.90 Å². The Morgan fingerprint density at radius 1 is 1.35 bits per heavy atom. The number of rotatable bonds is 1. The van der Waals surface area contributed by atoms with Gasteiger partial charge in [-0.15, -0.1) is 0 Å². The Bertz CT molecular complexity index is 621. The summed E-state index contributed by atoms with van der Waals surface area (Å²) in [6.45, 7) is 0. The Morgan fingerprint density at radius 2 is 2.06 bits per heavy atom. The van der Waals surface area contributed by atoms with Crippen LogP contribution in [0.2, 0.25) is 0 Å². The third-order valence-electron chi connectivity index (χ3n) is 2.14. The zero-order valence-corrected chi connectivity index (χ0v) is 10.2. The minimum atomic E-state index is -0.232. The van der Waals surface area contributed by atoms with Crippen molar-refractivity contribution in [2.75, 3.05) is 14.1 Å². The number of hydrogen-bond donors (Lipinski definition) is 1. The van der Waals surface area contributed by atoms with Crippen LogP contribution in [0.4, 0.5) is 4.79 Å². The van der Waals surface area contributed by atoms with Crippen LogP contribution in [0.15, 0.2) is 34.2 Å². The van der Waals surface area contributed by atoms with E-state index in [0.717, 1.165) is 11.8 Å². The largest absolute Gasteiger partial charge is 0.339 e. The maximum atomic E-state index is 11.7. The van der Waals surface area contributed by atoms with E-state index in [4.69, 9.17) is 0 Å². The lowest BCUT2D eigenvalue weighted by Gasteiger charge is -2.08. The first kappa shape index (κ1) is 11.7. The summed E-state index contributed by atoms with van der Waals surface area (Å²) < 4.78 is 0. The minimum Gasteiger partial charge on any atom is -0.339 e. The molecule has 0 fully saturated rings. The van der Waals surface area contributed by atoms with Crippen LogP contribution in [0.25, 0.3) is 10.9 Å². The van der Waals surface area contributed by atoms with Gasteiger partial charge in [0, 0.05) is 25.9 Å². The third-order valence-corrected chi connectivity index (χ3v) is 3.07. The van der Waals surface area contributed by atoms with Crippen molar-refractivity contribution in [1.82, 2.24) is 14.9 Å². The number of para-hydroxylation sites is 1. The summed E-state index contributed by atoms with van der Waals surface area (Å²) in [4.78, 5) is 31.4. The average molecular weight is 249 g/mol. The van der Waals surface area contributed by atoms with Gasteiger partial charge in [0.1, 0.15) is 0 Å². The van der Waals surface area contributed by atoms with Crippen molar-refractivity contribution in [2.24, 2.45) is 0 Å². The highest BCUT2D eigenvalue weighted by molar-refractivity contribution is 8.13. The van der Waals surface area contributed by atoms with Crippen LogP contribution >= 0.6 is 11.8 Å². The van der Waals surface area contributed by atoms with E-state index in [1.54, 1.807) is 38.4 Å². The van der Waals surface area contributed by atoms with Crippen LogP contribution < -0.4 is 5.56 Å². The van der Waals surface area contributed by atoms with Crippen LogP contribution in [0.5, 0.6) is 0 Å². The highest BCUT2D eigenvalue weighted by Gasteiger charge is 2.10. The van der Waals surface area contributed by atoms with Crippen molar-refractivity contribution in [3.8, 4) is 0 Å². The lowest BCUT2D eigenvalue weighted by atomic mass is 10.2. The Labute approximate surface area is 102 Å². The molecule has 0 atom stereocenters. The van der Waals surface area contributed by atoms with Crippen molar-refractivity contribution in [3.05, 3.63) is 34.6 Å². The Hall–Kier alpha value is -1.82. The lowest BCUT2D eigenvalue weighted by molar-refractivity contribution is 0.241. The monoisotopic (exact) mass is 249 g/mol.